The van der Waals surface area contributed by atoms with Gasteiger partial charge < -0.3 is 14.8 Å². The van der Waals surface area contributed by atoms with Gasteiger partial charge >= 0.3 is 0 Å². The molecule has 5 nitrogen and oxygen atoms in total. The molecular weight excluding hydrogens is 230 g/mol. The lowest BCUT2D eigenvalue weighted by Crippen LogP contribution is -2.37. The number of hydrogen-bond acceptors (Lipinski definition) is 4. The van der Waals surface area contributed by atoms with Crippen LogP contribution in [-0.4, -0.2) is 38.0 Å². The lowest BCUT2D eigenvalue weighted by atomic mass is 10.1. The summed E-state index contributed by atoms with van der Waals surface area (Å²) in [5.74, 6) is 0. The Morgan fingerprint density at radius 1 is 1.38 bits per heavy atom. The first-order chi connectivity index (χ1) is 7.62. The lowest BCUT2D eigenvalue weighted by molar-refractivity contribution is 0.0809. The third-order valence-electron chi connectivity index (χ3n) is 2.70. The first-order valence-electron chi connectivity index (χ1n) is 4.82. The molecule has 86 valence electrons. The fraction of sp³-hybridized carbons (Fsp3) is 0.400. The Labute approximate surface area is 97.3 Å². The first kappa shape index (κ1) is 11.3. The molecule has 2 aromatic rings. The van der Waals surface area contributed by atoms with E-state index < -0.39 is 5.54 Å². The van der Waals surface area contributed by atoms with E-state index in [0.29, 0.717) is 16.2 Å². The van der Waals surface area contributed by atoms with E-state index in [9.17, 15) is 10.2 Å². The molecule has 2 aromatic heterocycles. The highest BCUT2D eigenvalue weighted by atomic mass is 35.5. The van der Waals surface area contributed by atoms with Crippen LogP contribution in [0.5, 0.6) is 0 Å². The Balaban J connectivity index is 2.66. The van der Waals surface area contributed by atoms with Crippen molar-refractivity contribution in [3.05, 3.63) is 23.7 Å². The van der Waals surface area contributed by atoms with Gasteiger partial charge in [0.25, 0.3) is 0 Å². The summed E-state index contributed by atoms with van der Waals surface area (Å²) in [5.41, 5.74) is -0.190. The van der Waals surface area contributed by atoms with Gasteiger partial charge in [-0.15, -0.1) is 0 Å². The minimum absolute atomic E-state index is 0.186. The molecule has 0 amide bonds. The molecule has 0 aromatic carbocycles. The fourth-order valence-corrected chi connectivity index (χ4v) is 1.75. The molecule has 0 saturated carbocycles. The summed E-state index contributed by atoms with van der Waals surface area (Å²) in [7, 11) is 0. The fourth-order valence-electron chi connectivity index (χ4n) is 1.56. The predicted molar refractivity (Wildman–Crippen MR) is 60.4 cm³/mol. The number of aromatic nitrogens is 3. The number of nitrogens with zero attached hydrogens (tertiary/aromatic N) is 3. The molecule has 6 heteroatoms. The second-order valence-corrected chi connectivity index (χ2v) is 4.26. The first-order valence-corrected chi connectivity index (χ1v) is 5.20. The van der Waals surface area contributed by atoms with Crippen LogP contribution in [0.1, 0.15) is 6.92 Å². The lowest BCUT2D eigenvalue weighted by Gasteiger charge is -2.27. The van der Waals surface area contributed by atoms with Gasteiger partial charge in [0.1, 0.15) is 17.1 Å². The summed E-state index contributed by atoms with van der Waals surface area (Å²) in [4.78, 5) is 7.98. The van der Waals surface area contributed by atoms with E-state index in [2.05, 4.69) is 9.97 Å². The molecule has 0 aliphatic rings. The SMILES string of the molecule is CC(CO)(CO)n1ccc2c(Cl)ncnc21. The van der Waals surface area contributed by atoms with Crippen molar-refractivity contribution in [3.63, 3.8) is 0 Å². The summed E-state index contributed by atoms with van der Waals surface area (Å²) in [6.45, 7) is 1.37. The number of aliphatic hydroxyl groups is 2. The summed E-state index contributed by atoms with van der Waals surface area (Å²) >= 11 is 5.92. The van der Waals surface area contributed by atoms with Gasteiger partial charge in [0.15, 0.2) is 0 Å². The van der Waals surface area contributed by atoms with Crippen molar-refractivity contribution in [2.75, 3.05) is 13.2 Å². The average molecular weight is 242 g/mol. The van der Waals surface area contributed by atoms with Gasteiger partial charge in [-0.3, -0.25) is 0 Å². The Morgan fingerprint density at radius 2 is 2.06 bits per heavy atom. The highest BCUT2D eigenvalue weighted by Gasteiger charge is 2.26. The maximum Gasteiger partial charge on any atom is 0.145 e. The molecule has 0 bridgehead atoms. The molecule has 16 heavy (non-hydrogen) atoms. The minimum Gasteiger partial charge on any atom is -0.394 e. The molecule has 0 aliphatic heterocycles. The standard InChI is InChI=1S/C10H12ClN3O2/c1-10(4-15,5-16)14-3-2-7-8(11)12-6-13-9(7)14/h2-3,6,15-16H,4-5H2,1H3. The number of halogens is 1. The minimum atomic E-state index is -0.792. The second kappa shape index (κ2) is 4.01. The van der Waals surface area contributed by atoms with E-state index in [4.69, 9.17) is 11.6 Å². The zero-order valence-corrected chi connectivity index (χ0v) is 9.52. The largest absolute Gasteiger partial charge is 0.394 e. The summed E-state index contributed by atoms with van der Waals surface area (Å²) in [5, 5.41) is 19.7. The smallest absolute Gasteiger partial charge is 0.145 e. The Morgan fingerprint density at radius 3 is 2.69 bits per heavy atom. The molecule has 2 N–H and O–H groups in total. The van der Waals surface area contributed by atoms with Crippen molar-refractivity contribution < 1.29 is 10.2 Å². The van der Waals surface area contributed by atoms with Crippen molar-refractivity contribution >= 4 is 22.6 Å². The molecule has 2 rings (SSSR count). The molecule has 0 spiro atoms. The van der Waals surface area contributed by atoms with Crippen molar-refractivity contribution in [1.29, 1.82) is 0 Å². The summed E-state index contributed by atoms with van der Waals surface area (Å²) in [6, 6.07) is 1.77. The maximum atomic E-state index is 9.33. The Bertz CT molecular complexity index is 508. The Hall–Kier alpha value is -1.17. The summed E-state index contributed by atoms with van der Waals surface area (Å²) < 4.78 is 1.70. The third-order valence-corrected chi connectivity index (χ3v) is 3.00. The molecule has 0 fully saturated rings. The second-order valence-electron chi connectivity index (χ2n) is 3.90. The molecule has 0 unspecified atom stereocenters. The van der Waals surface area contributed by atoms with E-state index >= 15 is 0 Å². The van der Waals surface area contributed by atoms with E-state index in [1.165, 1.54) is 6.33 Å². The third kappa shape index (κ3) is 1.57. The van der Waals surface area contributed by atoms with E-state index in [-0.39, 0.29) is 13.2 Å². The zero-order chi connectivity index (χ0) is 11.8. The number of hydrogen-bond donors (Lipinski definition) is 2. The van der Waals surface area contributed by atoms with Crippen LogP contribution in [0, 0.1) is 0 Å². The Kier molecular flexibility index (Phi) is 2.84. The van der Waals surface area contributed by atoms with Crippen molar-refractivity contribution in [2.45, 2.75) is 12.5 Å². The van der Waals surface area contributed by atoms with E-state index in [0.717, 1.165) is 0 Å². The van der Waals surface area contributed by atoms with Gasteiger partial charge in [-0.2, -0.15) is 0 Å². The predicted octanol–water partition coefficient (Wildman–Crippen LogP) is 0.784. The molecule has 0 atom stereocenters. The van der Waals surface area contributed by atoms with Crippen LogP contribution in [0.15, 0.2) is 18.6 Å². The van der Waals surface area contributed by atoms with Crippen LogP contribution < -0.4 is 0 Å². The van der Waals surface area contributed by atoms with Gasteiger partial charge in [0.05, 0.1) is 24.1 Å². The average Bonchev–Trinajstić information content (AvgIpc) is 2.74. The van der Waals surface area contributed by atoms with Crippen molar-refractivity contribution in [3.8, 4) is 0 Å². The number of rotatable bonds is 3. The van der Waals surface area contributed by atoms with E-state index in [1.54, 1.807) is 23.8 Å². The van der Waals surface area contributed by atoms with E-state index in [1.807, 2.05) is 0 Å². The van der Waals surface area contributed by atoms with Crippen LogP contribution in [0.3, 0.4) is 0 Å². The zero-order valence-electron chi connectivity index (χ0n) is 8.76. The maximum absolute atomic E-state index is 9.33. The molecule has 0 saturated heterocycles. The van der Waals surface area contributed by atoms with Gasteiger partial charge in [0.2, 0.25) is 0 Å². The normalized spacial score (nSPS) is 12.2. The van der Waals surface area contributed by atoms with Crippen molar-refractivity contribution in [1.82, 2.24) is 14.5 Å². The molecule has 0 aliphatic carbocycles. The highest BCUT2D eigenvalue weighted by molar-refractivity contribution is 6.33. The van der Waals surface area contributed by atoms with Crippen LogP contribution in [0.2, 0.25) is 5.15 Å². The van der Waals surface area contributed by atoms with Gasteiger partial charge in [-0.1, -0.05) is 11.6 Å². The molecule has 0 radical (unpaired) electrons. The van der Waals surface area contributed by atoms with Gasteiger partial charge in [0, 0.05) is 6.20 Å². The molecule has 2 heterocycles. The van der Waals surface area contributed by atoms with Crippen LogP contribution in [-0.2, 0) is 5.54 Å². The summed E-state index contributed by atoms with van der Waals surface area (Å²) in [6.07, 6.45) is 3.09. The highest BCUT2D eigenvalue weighted by Crippen LogP contribution is 2.25. The number of fused-ring (bicyclic) bond motifs is 1. The van der Waals surface area contributed by atoms with Gasteiger partial charge in [-0.05, 0) is 13.0 Å². The van der Waals surface area contributed by atoms with Crippen molar-refractivity contribution in [2.24, 2.45) is 0 Å². The molecular formula is C10H12ClN3O2. The van der Waals surface area contributed by atoms with Gasteiger partial charge in [-0.25, -0.2) is 9.97 Å². The monoisotopic (exact) mass is 241 g/mol. The van der Waals surface area contributed by atoms with Crippen LogP contribution in [0.25, 0.3) is 11.0 Å². The topological polar surface area (TPSA) is 71.2 Å². The quantitative estimate of drug-likeness (QED) is 0.780. The number of aliphatic hydroxyl groups excluding tert-OH is 2. The van der Waals surface area contributed by atoms with Crippen LogP contribution >= 0.6 is 11.6 Å². The van der Waals surface area contributed by atoms with Crippen LogP contribution in [0.4, 0.5) is 0 Å².